The largest absolute Gasteiger partial charge is 0.464 e. The van der Waals surface area contributed by atoms with Gasteiger partial charge in [-0.05, 0) is 19.4 Å². The Bertz CT molecular complexity index is 643. The van der Waals surface area contributed by atoms with Crippen LogP contribution in [0, 0.1) is 0 Å². The molecule has 1 unspecified atom stereocenters. The number of sulfonamides is 1. The number of rotatable bonds is 3. The standard InChI is InChI=1S/C12H17N3O4S2/c1-19-11(16)10-12(20-8-13-10)21(17,18)15-6-5-14-4-2-3-9(14)7-15/h8-9H,2-7H2,1H3. The molecule has 9 heteroatoms. The molecule has 0 bridgehead atoms. The fourth-order valence-corrected chi connectivity index (χ4v) is 5.69. The number of ether oxygens (including phenoxy) is 1. The Balaban J connectivity index is 1.87. The van der Waals surface area contributed by atoms with E-state index in [1.165, 1.54) is 16.9 Å². The lowest BCUT2D eigenvalue weighted by molar-refractivity contribution is 0.0590. The van der Waals surface area contributed by atoms with E-state index < -0.39 is 16.0 Å². The van der Waals surface area contributed by atoms with Gasteiger partial charge in [0.25, 0.3) is 10.0 Å². The van der Waals surface area contributed by atoms with Crippen molar-refractivity contribution in [2.45, 2.75) is 23.1 Å². The molecule has 2 aliphatic rings. The number of aromatic nitrogens is 1. The summed E-state index contributed by atoms with van der Waals surface area (Å²) in [6.45, 7) is 2.74. The first kappa shape index (κ1) is 14.9. The zero-order valence-corrected chi connectivity index (χ0v) is 13.3. The number of fused-ring (bicyclic) bond motifs is 1. The molecule has 0 saturated carbocycles. The summed E-state index contributed by atoms with van der Waals surface area (Å²) in [7, 11) is -2.46. The minimum absolute atomic E-state index is 0.0132. The zero-order valence-electron chi connectivity index (χ0n) is 11.7. The fraction of sp³-hybridized carbons (Fsp3) is 0.667. The quantitative estimate of drug-likeness (QED) is 0.746. The fourth-order valence-electron chi connectivity index (χ4n) is 2.95. The molecule has 1 aromatic rings. The second-order valence-corrected chi connectivity index (χ2v) is 8.16. The lowest BCUT2D eigenvalue weighted by Gasteiger charge is -2.36. The average molecular weight is 331 g/mol. The Morgan fingerprint density at radius 2 is 2.24 bits per heavy atom. The van der Waals surface area contributed by atoms with E-state index >= 15 is 0 Å². The Labute approximate surface area is 127 Å². The van der Waals surface area contributed by atoms with Crippen LogP contribution in [0.2, 0.25) is 0 Å². The van der Waals surface area contributed by atoms with Gasteiger partial charge in [0.05, 0.1) is 12.6 Å². The molecule has 0 amide bonds. The van der Waals surface area contributed by atoms with Gasteiger partial charge in [0, 0.05) is 25.7 Å². The lowest BCUT2D eigenvalue weighted by atomic mass is 10.2. The molecule has 0 N–H and O–H groups in total. The van der Waals surface area contributed by atoms with Crippen LogP contribution in [0.1, 0.15) is 23.3 Å². The SMILES string of the molecule is COC(=O)c1ncsc1S(=O)(=O)N1CCN2CCCC2C1. The van der Waals surface area contributed by atoms with Gasteiger partial charge in [0.2, 0.25) is 0 Å². The predicted molar refractivity (Wildman–Crippen MR) is 76.8 cm³/mol. The highest BCUT2D eigenvalue weighted by molar-refractivity contribution is 7.91. The number of nitrogens with zero attached hydrogens (tertiary/aromatic N) is 3. The number of piperazine rings is 1. The molecule has 0 spiro atoms. The third kappa shape index (κ3) is 2.59. The highest BCUT2D eigenvalue weighted by Gasteiger charge is 2.38. The van der Waals surface area contributed by atoms with Gasteiger partial charge >= 0.3 is 5.97 Å². The molecule has 1 atom stereocenters. The summed E-state index contributed by atoms with van der Waals surface area (Å²) >= 11 is 0.964. The molecule has 2 fully saturated rings. The van der Waals surface area contributed by atoms with Gasteiger partial charge in [-0.3, -0.25) is 4.90 Å². The molecule has 116 valence electrons. The van der Waals surface area contributed by atoms with Crippen molar-refractivity contribution in [2.24, 2.45) is 0 Å². The molecule has 21 heavy (non-hydrogen) atoms. The molecule has 2 saturated heterocycles. The maximum atomic E-state index is 12.7. The van der Waals surface area contributed by atoms with Crippen LogP contribution >= 0.6 is 11.3 Å². The van der Waals surface area contributed by atoms with Crippen LogP contribution in [0.25, 0.3) is 0 Å². The smallest absolute Gasteiger partial charge is 0.358 e. The summed E-state index contributed by atoms with van der Waals surface area (Å²) in [5.74, 6) is -0.714. The monoisotopic (exact) mass is 331 g/mol. The Hall–Kier alpha value is -1.03. The molecule has 3 rings (SSSR count). The summed E-state index contributed by atoms with van der Waals surface area (Å²) in [6, 6.07) is 0.294. The minimum Gasteiger partial charge on any atom is -0.464 e. The van der Waals surface area contributed by atoms with Crippen LogP contribution in [0.5, 0.6) is 0 Å². The van der Waals surface area contributed by atoms with E-state index in [4.69, 9.17) is 0 Å². The number of methoxy groups -OCH3 is 1. The number of thiazole rings is 1. The van der Waals surface area contributed by atoms with E-state index in [9.17, 15) is 13.2 Å². The van der Waals surface area contributed by atoms with E-state index in [0.29, 0.717) is 19.1 Å². The van der Waals surface area contributed by atoms with Crippen LogP contribution < -0.4 is 0 Å². The summed E-state index contributed by atoms with van der Waals surface area (Å²) in [6.07, 6.45) is 2.14. The summed E-state index contributed by atoms with van der Waals surface area (Å²) < 4.78 is 31.6. The van der Waals surface area contributed by atoms with E-state index in [1.807, 2.05) is 0 Å². The number of hydrogen-bond acceptors (Lipinski definition) is 7. The minimum atomic E-state index is -3.68. The molecule has 0 radical (unpaired) electrons. The normalized spacial score (nSPS) is 24.0. The van der Waals surface area contributed by atoms with Crippen molar-refractivity contribution < 1.29 is 17.9 Å². The average Bonchev–Trinajstić information content (AvgIpc) is 3.14. The topological polar surface area (TPSA) is 79.8 Å². The van der Waals surface area contributed by atoms with Gasteiger partial charge in [-0.2, -0.15) is 4.31 Å². The van der Waals surface area contributed by atoms with E-state index in [2.05, 4.69) is 14.6 Å². The molecule has 3 heterocycles. The second-order valence-electron chi connectivity index (χ2n) is 5.18. The first-order chi connectivity index (χ1) is 10.0. The maximum absolute atomic E-state index is 12.7. The van der Waals surface area contributed by atoms with Crippen molar-refractivity contribution in [1.29, 1.82) is 0 Å². The van der Waals surface area contributed by atoms with Crippen molar-refractivity contribution in [3.05, 3.63) is 11.2 Å². The first-order valence-corrected chi connectivity index (χ1v) is 9.12. The van der Waals surface area contributed by atoms with Crippen LogP contribution in [-0.2, 0) is 14.8 Å². The summed E-state index contributed by atoms with van der Waals surface area (Å²) in [4.78, 5) is 17.8. The van der Waals surface area contributed by atoms with Gasteiger partial charge in [-0.25, -0.2) is 18.2 Å². The summed E-state index contributed by atoms with van der Waals surface area (Å²) in [5.41, 5.74) is 1.25. The third-order valence-corrected chi connectivity index (χ3v) is 7.25. The van der Waals surface area contributed by atoms with Gasteiger partial charge in [0.15, 0.2) is 9.90 Å². The number of carbonyl (C=O) groups is 1. The van der Waals surface area contributed by atoms with Gasteiger partial charge in [0.1, 0.15) is 0 Å². The molecular formula is C12H17N3O4S2. The van der Waals surface area contributed by atoms with Gasteiger partial charge in [-0.1, -0.05) is 0 Å². The molecule has 1 aromatic heterocycles. The molecule has 7 nitrogen and oxygen atoms in total. The Morgan fingerprint density at radius 1 is 1.43 bits per heavy atom. The van der Waals surface area contributed by atoms with E-state index in [1.54, 1.807) is 0 Å². The molecule has 0 aromatic carbocycles. The Morgan fingerprint density at radius 3 is 3.00 bits per heavy atom. The van der Waals surface area contributed by atoms with E-state index in [-0.39, 0.29) is 9.90 Å². The number of carbonyl (C=O) groups excluding carboxylic acids is 1. The van der Waals surface area contributed by atoms with Crippen molar-refractivity contribution in [1.82, 2.24) is 14.2 Å². The van der Waals surface area contributed by atoms with Crippen molar-refractivity contribution in [3.8, 4) is 0 Å². The van der Waals surface area contributed by atoms with Gasteiger partial charge < -0.3 is 4.74 Å². The zero-order chi connectivity index (χ0) is 15.0. The van der Waals surface area contributed by atoms with Crippen LogP contribution in [0.15, 0.2) is 9.72 Å². The molecular weight excluding hydrogens is 314 g/mol. The first-order valence-electron chi connectivity index (χ1n) is 6.80. The summed E-state index contributed by atoms with van der Waals surface area (Å²) in [5, 5.41) is 0. The highest BCUT2D eigenvalue weighted by Crippen LogP contribution is 2.29. The third-order valence-electron chi connectivity index (χ3n) is 4.04. The number of hydrogen-bond donors (Lipinski definition) is 0. The Kier molecular flexibility index (Phi) is 4.00. The van der Waals surface area contributed by atoms with Crippen LogP contribution in [0.4, 0.5) is 0 Å². The molecule has 2 aliphatic heterocycles. The van der Waals surface area contributed by atoms with Crippen LogP contribution in [0.3, 0.4) is 0 Å². The van der Waals surface area contributed by atoms with E-state index in [0.717, 1.165) is 37.3 Å². The maximum Gasteiger partial charge on any atom is 0.358 e. The second kappa shape index (κ2) is 5.64. The lowest BCUT2D eigenvalue weighted by Crippen LogP contribution is -2.51. The van der Waals surface area contributed by atoms with Gasteiger partial charge in [-0.15, -0.1) is 11.3 Å². The molecule has 0 aliphatic carbocycles. The predicted octanol–water partition coefficient (Wildman–Crippen LogP) is 0.398. The van der Waals surface area contributed by atoms with Crippen LogP contribution in [-0.4, -0.2) is 67.9 Å². The van der Waals surface area contributed by atoms with Crippen molar-refractivity contribution >= 4 is 27.3 Å². The van der Waals surface area contributed by atoms with Crippen molar-refractivity contribution in [2.75, 3.05) is 33.3 Å². The van der Waals surface area contributed by atoms with Crippen molar-refractivity contribution in [3.63, 3.8) is 0 Å². The number of esters is 1. The highest BCUT2D eigenvalue weighted by atomic mass is 32.2.